The van der Waals surface area contributed by atoms with E-state index >= 15 is 0 Å². The van der Waals surface area contributed by atoms with Crippen molar-refractivity contribution in [2.45, 2.75) is 13.5 Å². The van der Waals surface area contributed by atoms with Crippen molar-refractivity contribution in [1.82, 2.24) is 14.6 Å². The Labute approximate surface area is 119 Å². The quantitative estimate of drug-likeness (QED) is 0.741. The van der Waals surface area contributed by atoms with Crippen LogP contribution in [0.4, 0.5) is 0 Å². The minimum absolute atomic E-state index is 0.211. The molecule has 0 radical (unpaired) electrons. The Kier molecular flexibility index (Phi) is 3.05. The summed E-state index contributed by atoms with van der Waals surface area (Å²) < 4.78 is 1.34. The average Bonchev–Trinajstić information content (AvgIpc) is 2.94. The van der Waals surface area contributed by atoms with Crippen molar-refractivity contribution < 1.29 is 5.11 Å². The highest BCUT2D eigenvalue weighted by Crippen LogP contribution is 2.21. The lowest BCUT2D eigenvalue weighted by Crippen LogP contribution is -2.21. The van der Waals surface area contributed by atoms with Gasteiger partial charge < -0.3 is 5.11 Å². The number of aliphatic hydroxyl groups is 1. The van der Waals surface area contributed by atoms with E-state index in [1.807, 2.05) is 30.3 Å². The Bertz CT molecular complexity index is 917. The standard InChI is InChI=1S/C15H12N4O2/c1-9-11(7-16)14-18-17-13(10-5-3-2-4-6-10)19(14)15(21)12(9)8-20/h2-6,18,20H,8H2,1H3. The van der Waals surface area contributed by atoms with Gasteiger partial charge in [0.25, 0.3) is 5.56 Å². The zero-order chi connectivity index (χ0) is 15.0. The molecular weight excluding hydrogens is 268 g/mol. The monoisotopic (exact) mass is 280 g/mol. The first kappa shape index (κ1) is 13.1. The van der Waals surface area contributed by atoms with E-state index in [4.69, 9.17) is 0 Å². The molecule has 0 atom stereocenters. The second-order valence-electron chi connectivity index (χ2n) is 4.65. The van der Waals surface area contributed by atoms with Crippen molar-refractivity contribution in [3.05, 3.63) is 57.4 Å². The summed E-state index contributed by atoms with van der Waals surface area (Å²) >= 11 is 0. The van der Waals surface area contributed by atoms with Crippen LogP contribution >= 0.6 is 0 Å². The van der Waals surface area contributed by atoms with Gasteiger partial charge in [0.15, 0.2) is 11.5 Å². The third-order valence-corrected chi connectivity index (χ3v) is 3.53. The zero-order valence-corrected chi connectivity index (χ0v) is 11.3. The summed E-state index contributed by atoms with van der Waals surface area (Å²) in [7, 11) is 0. The van der Waals surface area contributed by atoms with Crippen LogP contribution in [0.2, 0.25) is 0 Å². The van der Waals surface area contributed by atoms with Crippen LogP contribution in [0.25, 0.3) is 17.0 Å². The van der Waals surface area contributed by atoms with Crippen LogP contribution in [0.3, 0.4) is 0 Å². The summed E-state index contributed by atoms with van der Waals surface area (Å²) in [6.07, 6.45) is 0. The number of hydrogen-bond donors (Lipinski definition) is 2. The normalized spacial score (nSPS) is 10.7. The van der Waals surface area contributed by atoms with E-state index in [0.29, 0.717) is 22.6 Å². The van der Waals surface area contributed by atoms with E-state index in [9.17, 15) is 15.2 Å². The van der Waals surface area contributed by atoms with Crippen molar-refractivity contribution in [1.29, 1.82) is 5.26 Å². The number of pyridine rings is 1. The maximum absolute atomic E-state index is 12.5. The Morgan fingerprint density at radius 2 is 2.10 bits per heavy atom. The fourth-order valence-corrected chi connectivity index (χ4v) is 2.40. The number of nitrogens with zero attached hydrogens (tertiary/aromatic N) is 3. The van der Waals surface area contributed by atoms with Gasteiger partial charge >= 0.3 is 0 Å². The molecule has 0 aliphatic rings. The molecule has 2 N–H and O–H groups in total. The number of aromatic nitrogens is 3. The molecule has 104 valence electrons. The Morgan fingerprint density at radius 1 is 1.38 bits per heavy atom. The number of aromatic amines is 1. The predicted molar refractivity (Wildman–Crippen MR) is 76.6 cm³/mol. The largest absolute Gasteiger partial charge is 0.391 e. The number of aliphatic hydroxyl groups excluding tert-OH is 1. The van der Waals surface area contributed by atoms with Crippen molar-refractivity contribution in [3.63, 3.8) is 0 Å². The van der Waals surface area contributed by atoms with Gasteiger partial charge in [0.05, 0.1) is 12.2 Å². The summed E-state index contributed by atoms with van der Waals surface area (Å²) in [4.78, 5) is 12.5. The average molecular weight is 280 g/mol. The molecule has 1 aromatic carbocycles. The van der Waals surface area contributed by atoms with E-state index in [-0.39, 0.29) is 11.1 Å². The first-order chi connectivity index (χ1) is 10.2. The summed E-state index contributed by atoms with van der Waals surface area (Å²) in [5, 5.41) is 25.6. The minimum atomic E-state index is -0.415. The number of hydrogen-bond acceptors (Lipinski definition) is 4. The topological polar surface area (TPSA) is 94.2 Å². The summed E-state index contributed by atoms with van der Waals surface area (Å²) in [6, 6.07) is 11.3. The Balaban J connectivity index is 2.48. The molecule has 21 heavy (non-hydrogen) atoms. The molecule has 6 heteroatoms. The van der Waals surface area contributed by atoms with Crippen molar-refractivity contribution >= 4 is 5.65 Å². The Hall–Kier alpha value is -2.91. The highest BCUT2D eigenvalue weighted by atomic mass is 16.3. The lowest BCUT2D eigenvalue weighted by molar-refractivity contribution is 0.279. The van der Waals surface area contributed by atoms with Gasteiger partial charge in [-0.25, -0.2) is 4.40 Å². The molecular formula is C15H12N4O2. The van der Waals surface area contributed by atoms with E-state index < -0.39 is 6.61 Å². The second-order valence-corrected chi connectivity index (χ2v) is 4.65. The van der Waals surface area contributed by atoms with Gasteiger partial charge in [0, 0.05) is 11.1 Å². The molecule has 6 nitrogen and oxygen atoms in total. The van der Waals surface area contributed by atoms with Crippen molar-refractivity contribution in [3.8, 4) is 17.5 Å². The van der Waals surface area contributed by atoms with Crippen molar-refractivity contribution in [2.24, 2.45) is 0 Å². The van der Waals surface area contributed by atoms with E-state index in [2.05, 4.69) is 16.3 Å². The lowest BCUT2D eigenvalue weighted by atomic mass is 10.1. The first-order valence-electron chi connectivity index (χ1n) is 6.38. The number of benzene rings is 1. The van der Waals surface area contributed by atoms with Crippen LogP contribution in [0, 0.1) is 18.3 Å². The number of fused-ring (bicyclic) bond motifs is 1. The van der Waals surface area contributed by atoms with Gasteiger partial charge in [-0.15, -0.1) is 0 Å². The third-order valence-electron chi connectivity index (χ3n) is 3.53. The van der Waals surface area contributed by atoms with Crippen LogP contribution in [-0.2, 0) is 6.61 Å². The number of H-pyrrole nitrogens is 1. The van der Waals surface area contributed by atoms with Crippen LogP contribution in [-0.4, -0.2) is 19.7 Å². The first-order valence-corrected chi connectivity index (χ1v) is 6.38. The molecule has 3 aromatic rings. The van der Waals surface area contributed by atoms with E-state index in [1.54, 1.807) is 6.92 Å². The molecule has 2 aromatic heterocycles. The zero-order valence-electron chi connectivity index (χ0n) is 11.3. The molecule has 3 rings (SSSR count). The molecule has 2 heterocycles. The molecule has 0 fully saturated rings. The van der Waals surface area contributed by atoms with Gasteiger partial charge in [-0.1, -0.05) is 30.3 Å². The van der Waals surface area contributed by atoms with Gasteiger partial charge in [0.2, 0.25) is 0 Å². The smallest absolute Gasteiger partial charge is 0.263 e. The Morgan fingerprint density at radius 3 is 2.71 bits per heavy atom. The van der Waals surface area contributed by atoms with Crippen LogP contribution in [0.5, 0.6) is 0 Å². The molecule has 0 bridgehead atoms. The maximum atomic E-state index is 12.5. The van der Waals surface area contributed by atoms with Gasteiger partial charge in [-0.05, 0) is 12.5 Å². The molecule has 0 aliphatic heterocycles. The second kappa shape index (κ2) is 4.89. The van der Waals surface area contributed by atoms with E-state index in [0.717, 1.165) is 5.56 Å². The van der Waals surface area contributed by atoms with Gasteiger partial charge in [0.1, 0.15) is 6.07 Å². The highest BCUT2D eigenvalue weighted by molar-refractivity contribution is 5.66. The SMILES string of the molecule is Cc1c(CO)c(=O)n2c(-c3ccccc3)n[nH]c2c1C#N. The van der Waals surface area contributed by atoms with Crippen LogP contribution in [0.1, 0.15) is 16.7 Å². The highest BCUT2D eigenvalue weighted by Gasteiger charge is 2.19. The minimum Gasteiger partial charge on any atom is -0.391 e. The third kappa shape index (κ3) is 1.83. The molecule has 0 aliphatic carbocycles. The summed E-state index contributed by atoms with van der Waals surface area (Å²) in [6.45, 7) is 1.23. The molecule has 0 saturated carbocycles. The van der Waals surface area contributed by atoms with Gasteiger partial charge in [-0.2, -0.15) is 10.4 Å². The fourth-order valence-electron chi connectivity index (χ4n) is 2.40. The molecule has 0 spiro atoms. The molecule has 0 unspecified atom stereocenters. The molecule has 0 amide bonds. The maximum Gasteiger partial charge on any atom is 0.263 e. The summed E-state index contributed by atoms with van der Waals surface area (Å²) in [5.41, 5.74) is 1.74. The molecule has 0 saturated heterocycles. The predicted octanol–water partition coefficient (Wildman–Crippen LogP) is 1.36. The number of nitrogens with one attached hydrogen (secondary N) is 1. The fraction of sp³-hybridized carbons (Fsp3) is 0.133. The summed E-state index contributed by atoms with van der Waals surface area (Å²) in [5.74, 6) is 0.418. The van der Waals surface area contributed by atoms with Gasteiger partial charge in [-0.3, -0.25) is 9.89 Å². The number of rotatable bonds is 2. The number of nitriles is 1. The lowest BCUT2D eigenvalue weighted by Gasteiger charge is -2.07. The van der Waals surface area contributed by atoms with Crippen molar-refractivity contribution in [2.75, 3.05) is 0 Å². The van der Waals surface area contributed by atoms with Crippen LogP contribution < -0.4 is 5.56 Å². The van der Waals surface area contributed by atoms with E-state index in [1.165, 1.54) is 4.40 Å². The van der Waals surface area contributed by atoms with Crippen LogP contribution in [0.15, 0.2) is 35.1 Å².